The highest BCUT2D eigenvalue weighted by Crippen LogP contribution is 2.35. The number of carbonyl (C=O) groups is 1. The first-order chi connectivity index (χ1) is 14.1. The number of amides is 1. The summed E-state index contributed by atoms with van der Waals surface area (Å²) in [6.07, 6.45) is 3.95. The topological polar surface area (TPSA) is 89.9 Å². The number of piperidine rings is 1. The summed E-state index contributed by atoms with van der Waals surface area (Å²) >= 11 is 2.98. The Morgan fingerprint density at radius 3 is 3.03 bits per heavy atom. The van der Waals surface area contributed by atoms with E-state index in [4.69, 9.17) is 4.52 Å². The van der Waals surface area contributed by atoms with E-state index in [0.29, 0.717) is 18.1 Å². The van der Waals surface area contributed by atoms with Crippen molar-refractivity contribution in [1.29, 1.82) is 0 Å². The van der Waals surface area contributed by atoms with Gasteiger partial charge in [0.2, 0.25) is 5.91 Å². The first-order valence-electron chi connectivity index (χ1n) is 9.71. The number of thioether (sulfide) groups is 1. The molecule has 0 N–H and O–H groups in total. The average Bonchev–Trinajstić information content (AvgIpc) is 3.46. The van der Waals surface area contributed by atoms with Crippen LogP contribution in [0.25, 0.3) is 10.6 Å². The molecule has 1 atom stereocenters. The van der Waals surface area contributed by atoms with Gasteiger partial charge in [0.15, 0.2) is 5.76 Å². The molecule has 3 aromatic rings. The van der Waals surface area contributed by atoms with Crippen LogP contribution in [-0.4, -0.2) is 59.9 Å². The Labute approximate surface area is 177 Å². The van der Waals surface area contributed by atoms with Gasteiger partial charge in [-0.3, -0.25) is 9.48 Å². The summed E-state index contributed by atoms with van der Waals surface area (Å²) in [5, 5.41) is 12.7. The second-order valence-corrected chi connectivity index (χ2v) is 9.13. The highest BCUT2D eigenvalue weighted by Gasteiger charge is 2.29. The van der Waals surface area contributed by atoms with Crippen LogP contribution in [0.1, 0.15) is 35.8 Å². The summed E-state index contributed by atoms with van der Waals surface area (Å²) in [5.41, 5.74) is 2.77. The molecule has 29 heavy (non-hydrogen) atoms. The van der Waals surface area contributed by atoms with Gasteiger partial charge in [0.1, 0.15) is 4.88 Å². The van der Waals surface area contributed by atoms with E-state index < -0.39 is 0 Å². The summed E-state index contributed by atoms with van der Waals surface area (Å²) < 4.78 is 11.5. The third kappa shape index (κ3) is 4.87. The predicted octanol–water partition coefficient (Wildman–Crippen LogP) is 3.15. The normalized spacial score (nSPS) is 17.0. The van der Waals surface area contributed by atoms with Crippen LogP contribution in [0.3, 0.4) is 0 Å². The maximum Gasteiger partial charge on any atom is 0.232 e. The molecule has 0 saturated carbocycles. The first-order valence-corrected chi connectivity index (χ1v) is 11.6. The molecule has 4 heterocycles. The number of likely N-dealkylation sites (tertiary alicyclic amines) is 1. The van der Waals surface area contributed by atoms with Gasteiger partial charge in [-0.05, 0) is 44.3 Å². The Morgan fingerprint density at radius 1 is 1.38 bits per heavy atom. The molecule has 4 rings (SSSR count). The van der Waals surface area contributed by atoms with Crippen molar-refractivity contribution in [2.24, 2.45) is 0 Å². The fourth-order valence-electron chi connectivity index (χ4n) is 3.53. The molecule has 0 radical (unpaired) electrons. The quantitative estimate of drug-likeness (QED) is 0.530. The van der Waals surface area contributed by atoms with Crippen molar-refractivity contribution in [2.75, 3.05) is 24.6 Å². The fourth-order valence-corrected chi connectivity index (χ4v) is 5.04. The van der Waals surface area contributed by atoms with Crippen LogP contribution < -0.4 is 0 Å². The van der Waals surface area contributed by atoms with Crippen molar-refractivity contribution in [3.05, 3.63) is 35.4 Å². The standard InChI is InChI=1S/C19H24N6O2S2/c1-13-5-7-25(21-13)8-9-28-12-17(26)24-6-3-4-15(11-24)18-19(29-23-20-18)16-10-14(2)22-27-16/h5,7,10,15H,3-4,6,8-9,11-12H2,1-2H3/t15-/m1/s1. The Balaban J connectivity index is 1.31. The maximum atomic E-state index is 12.7. The zero-order valence-electron chi connectivity index (χ0n) is 16.6. The van der Waals surface area contributed by atoms with Gasteiger partial charge in [0.25, 0.3) is 0 Å². The lowest BCUT2D eigenvalue weighted by atomic mass is 9.93. The van der Waals surface area contributed by atoms with E-state index in [1.807, 2.05) is 41.8 Å². The van der Waals surface area contributed by atoms with E-state index in [2.05, 4.69) is 19.8 Å². The number of nitrogens with zero attached hydrogens (tertiary/aromatic N) is 6. The molecule has 1 amide bonds. The monoisotopic (exact) mass is 432 g/mol. The van der Waals surface area contributed by atoms with Crippen LogP contribution in [0.15, 0.2) is 22.9 Å². The molecule has 1 aliphatic heterocycles. The fraction of sp³-hybridized carbons (Fsp3) is 0.526. The van der Waals surface area contributed by atoms with Crippen molar-refractivity contribution in [3.8, 4) is 10.6 Å². The Kier molecular flexibility index (Phi) is 6.29. The molecule has 0 aliphatic carbocycles. The molecule has 1 aliphatic rings. The lowest BCUT2D eigenvalue weighted by molar-refractivity contribution is -0.129. The molecule has 0 spiro atoms. The minimum Gasteiger partial charge on any atom is -0.355 e. The van der Waals surface area contributed by atoms with Crippen LogP contribution in [-0.2, 0) is 11.3 Å². The third-order valence-corrected chi connectivity index (χ3v) is 6.67. The maximum absolute atomic E-state index is 12.7. The first kappa shape index (κ1) is 20.1. The second kappa shape index (κ2) is 9.08. The van der Waals surface area contributed by atoms with E-state index in [1.165, 1.54) is 11.5 Å². The average molecular weight is 433 g/mol. The smallest absolute Gasteiger partial charge is 0.232 e. The molecule has 0 unspecified atom stereocenters. The molecular formula is C19H24N6O2S2. The van der Waals surface area contributed by atoms with Gasteiger partial charge in [-0.1, -0.05) is 9.64 Å². The van der Waals surface area contributed by atoms with E-state index in [-0.39, 0.29) is 11.8 Å². The molecule has 3 aromatic heterocycles. The summed E-state index contributed by atoms with van der Waals surface area (Å²) in [5.74, 6) is 2.45. The highest BCUT2D eigenvalue weighted by atomic mass is 32.2. The number of rotatable bonds is 7. The minimum atomic E-state index is 0.184. The molecule has 1 fully saturated rings. The number of aromatic nitrogens is 5. The van der Waals surface area contributed by atoms with Crippen molar-refractivity contribution < 1.29 is 9.32 Å². The van der Waals surface area contributed by atoms with Crippen molar-refractivity contribution in [1.82, 2.24) is 29.4 Å². The zero-order valence-corrected chi connectivity index (χ0v) is 18.2. The van der Waals surface area contributed by atoms with Gasteiger partial charge in [-0.25, -0.2) is 0 Å². The molecule has 0 aromatic carbocycles. The SMILES string of the molecule is Cc1cc(-c2snnc2[C@@H]2CCCN(C(=O)CSCCn3ccc(C)n3)C2)on1. The number of aryl methyl sites for hydroxylation is 3. The molecule has 154 valence electrons. The highest BCUT2D eigenvalue weighted by molar-refractivity contribution is 7.99. The van der Waals surface area contributed by atoms with Crippen LogP contribution in [0.5, 0.6) is 0 Å². The Hall–Kier alpha value is -2.20. The number of hydrogen-bond donors (Lipinski definition) is 0. The number of carbonyl (C=O) groups excluding carboxylic acids is 1. The van der Waals surface area contributed by atoms with Crippen molar-refractivity contribution >= 4 is 29.2 Å². The van der Waals surface area contributed by atoms with Crippen LogP contribution in [0.4, 0.5) is 0 Å². The van der Waals surface area contributed by atoms with Gasteiger partial charge in [0.05, 0.1) is 22.8 Å². The molecule has 10 heteroatoms. The largest absolute Gasteiger partial charge is 0.355 e. The Morgan fingerprint density at radius 2 is 2.28 bits per heavy atom. The molecule has 8 nitrogen and oxygen atoms in total. The molecule has 0 bridgehead atoms. The van der Waals surface area contributed by atoms with E-state index in [0.717, 1.165) is 53.6 Å². The van der Waals surface area contributed by atoms with Gasteiger partial charge in [0, 0.05) is 43.6 Å². The van der Waals surface area contributed by atoms with Crippen molar-refractivity contribution in [3.63, 3.8) is 0 Å². The second-order valence-electron chi connectivity index (χ2n) is 7.27. The van der Waals surface area contributed by atoms with E-state index >= 15 is 0 Å². The van der Waals surface area contributed by atoms with Crippen LogP contribution >= 0.6 is 23.3 Å². The van der Waals surface area contributed by atoms with Crippen molar-refractivity contribution in [2.45, 2.75) is 39.2 Å². The van der Waals surface area contributed by atoms with Gasteiger partial charge in [-0.2, -0.15) is 16.9 Å². The van der Waals surface area contributed by atoms with E-state index in [1.54, 1.807) is 11.8 Å². The number of hydrogen-bond acceptors (Lipinski definition) is 8. The van der Waals surface area contributed by atoms with Crippen LogP contribution in [0, 0.1) is 13.8 Å². The predicted molar refractivity (Wildman–Crippen MR) is 113 cm³/mol. The van der Waals surface area contributed by atoms with Gasteiger partial charge in [-0.15, -0.1) is 5.10 Å². The van der Waals surface area contributed by atoms with Gasteiger partial charge >= 0.3 is 0 Å². The summed E-state index contributed by atoms with van der Waals surface area (Å²) in [4.78, 5) is 15.6. The summed E-state index contributed by atoms with van der Waals surface area (Å²) in [7, 11) is 0. The lowest BCUT2D eigenvalue weighted by Gasteiger charge is -2.32. The van der Waals surface area contributed by atoms with Crippen LogP contribution in [0.2, 0.25) is 0 Å². The van der Waals surface area contributed by atoms with E-state index in [9.17, 15) is 4.79 Å². The summed E-state index contributed by atoms with van der Waals surface area (Å²) in [6, 6.07) is 3.90. The zero-order chi connectivity index (χ0) is 20.2. The van der Waals surface area contributed by atoms with Gasteiger partial charge < -0.3 is 9.42 Å². The Bertz CT molecular complexity index is 965. The lowest BCUT2D eigenvalue weighted by Crippen LogP contribution is -2.40. The minimum absolute atomic E-state index is 0.184. The third-order valence-electron chi connectivity index (χ3n) is 4.99. The molecular weight excluding hydrogens is 408 g/mol. The summed E-state index contributed by atoms with van der Waals surface area (Å²) in [6.45, 7) is 6.19. The molecule has 1 saturated heterocycles.